The van der Waals surface area contributed by atoms with E-state index in [2.05, 4.69) is 4.98 Å². The maximum absolute atomic E-state index is 11.2. The summed E-state index contributed by atoms with van der Waals surface area (Å²) in [7, 11) is 0. The van der Waals surface area contributed by atoms with E-state index in [-0.39, 0.29) is 22.4 Å². The van der Waals surface area contributed by atoms with Crippen LogP contribution < -0.4 is 4.74 Å². The minimum Gasteiger partial charge on any atom is -0.477 e. The normalized spacial score (nSPS) is 16.2. The monoisotopic (exact) mass is 333 g/mol. The zero-order chi connectivity index (χ0) is 16.2. The second kappa shape index (κ2) is 6.58. The fourth-order valence-corrected chi connectivity index (χ4v) is 2.18. The molecule has 0 aliphatic carbocycles. The van der Waals surface area contributed by atoms with Crippen LogP contribution in [0.25, 0.3) is 0 Å². The third-order valence-corrected chi connectivity index (χ3v) is 3.26. The van der Waals surface area contributed by atoms with Gasteiger partial charge in [-0.2, -0.15) is 0 Å². The SMILES string of the molecule is O=C(O)c1cc(Cl)cnc1OC1=COC(Cc2ccccc2)O1. The third-order valence-electron chi connectivity index (χ3n) is 3.05. The largest absolute Gasteiger partial charge is 0.477 e. The fourth-order valence-electron chi connectivity index (χ4n) is 2.02. The Morgan fingerprint density at radius 1 is 1.35 bits per heavy atom. The number of hydrogen-bond donors (Lipinski definition) is 1. The van der Waals surface area contributed by atoms with Crippen LogP contribution in [0.3, 0.4) is 0 Å². The molecule has 0 saturated heterocycles. The summed E-state index contributed by atoms with van der Waals surface area (Å²) in [4.78, 5) is 15.0. The first kappa shape index (κ1) is 15.2. The highest BCUT2D eigenvalue weighted by atomic mass is 35.5. The van der Waals surface area contributed by atoms with Gasteiger partial charge in [-0.1, -0.05) is 41.9 Å². The molecule has 0 bridgehead atoms. The Labute approximate surface area is 136 Å². The van der Waals surface area contributed by atoms with Gasteiger partial charge in [0.2, 0.25) is 12.2 Å². The Bertz CT molecular complexity index is 747. The van der Waals surface area contributed by atoms with E-state index in [0.717, 1.165) is 5.56 Å². The first-order valence-electron chi connectivity index (χ1n) is 6.75. The summed E-state index contributed by atoms with van der Waals surface area (Å²) in [6.45, 7) is 0. The predicted molar refractivity (Wildman–Crippen MR) is 81.0 cm³/mol. The molecular weight excluding hydrogens is 322 g/mol. The van der Waals surface area contributed by atoms with Crippen molar-refractivity contribution >= 4 is 17.6 Å². The van der Waals surface area contributed by atoms with Gasteiger partial charge in [0.15, 0.2) is 6.26 Å². The van der Waals surface area contributed by atoms with Gasteiger partial charge in [-0.3, -0.25) is 0 Å². The number of aromatic carboxylic acids is 1. The minimum atomic E-state index is -1.20. The Balaban J connectivity index is 1.65. The van der Waals surface area contributed by atoms with E-state index in [1.54, 1.807) is 0 Å². The van der Waals surface area contributed by atoms with E-state index < -0.39 is 12.3 Å². The number of carbonyl (C=O) groups is 1. The van der Waals surface area contributed by atoms with Crippen molar-refractivity contribution in [2.24, 2.45) is 0 Å². The lowest BCUT2D eigenvalue weighted by Crippen LogP contribution is -2.14. The van der Waals surface area contributed by atoms with Crippen molar-refractivity contribution in [2.75, 3.05) is 0 Å². The number of nitrogens with zero attached hydrogens (tertiary/aromatic N) is 1. The zero-order valence-corrected chi connectivity index (χ0v) is 12.6. The maximum atomic E-state index is 11.2. The van der Waals surface area contributed by atoms with E-state index in [1.807, 2.05) is 30.3 Å². The summed E-state index contributed by atoms with van der Waals surface area (Å²) in [6, 6.07) is 10.9. The first-order valence-corrected chi connectivity index (χ1v) is 7.12. The number of halogens is 1. The van der Waals surface area contributed by atoms with Gasteiger partial charge in [-0.15, -0.1) is 0 Å². The van der Waals surface area contributed by atoms with Crippen molar-refractivity contribution in [1.82, 2.24) is 4.98 Å². The van der Waals surface area contributed by atoms with Crippen molar-refractivity contribution in [3.8, 4) is 5.88 Å². The van der Waals surface area contributed by atoms with Crippen LogP contribution in [0, 0.1) is 0 Å². The quantitative estimate of drug-likeness (QED) is 0.905. The van der Waals surface area contributed by atoms with Gasteiger partial charge in [0.05, 0.1) is 5.02 Å². The van der Waals surface area contributed by atoms with Gasteiger partial charge in [0.25, 0.3) is 0 Å². The molecule has 0 amide bonds. The molecule has 1 N–H and O–H groups in total. The van der Waals surface area contributed by atoms with Gasteiger partial charge in [0.1, 0.15) is 5.56 Å². The Morgan fingerprint density at radius 3 is 2.87 bits per heavy atom. The summed E-state index contributed by atoms with van der Waals surface area (Å²) < 4.78 is 16.2. The Morgan fingerprint density at radius 2 is 2.13 bits per heavy atom. The van der Waals surface area contributed by atoms with Crippen LogP contribution in [0.2, 0.25) is 5.02 Å². The number of hydrogen-bond acceptors (Lipinski definition) is 5. The van der Waals surface area contributed by atoms with Crippen LogP contribution in [0.15, 0.2) is 54.8 Å². The van der Waals surface area contributed by atoms with Gasteiger partial charge in [-0.25, -0.2) is 9.78 Å². The number of rotatable bonds is 5. The molecule has 2 heterocycles. The fraction of sp³-hybridized carbons (Fsp3) is 0.125. The van der Waals surface area contributed by atoms with Crippen LogP contribution in [-0.4, -0.2) is 22.3 Å². The molecule has 1 atom stereocenters. The smallest absolute Gasteiger partial charge is 0.341 e. The highest BCUT2D eigenvalue weighted by Gasteiger charge is 2.24. The molecule has 3 rings (SSSR count). The molecule has 1 unspecified atom stereocenters. The number of benzene rings is 1. The number of carboxylic acid groups (broad SMARTS) is 1. The minimum absolute atomic E-state index is 0.0447. The molecular formula is C16H12ClNO5. The second-order valence-electron chi connectivity index (χ2n) is 4.72. The van der Waals surface area contributed by atoms with E-state index in [1.165, 1.54) is 18.5 Å². The predicted octanol–water partition coefficient (Wildman–Crippen LogP) is 3.23. The van der Waals surface area contributed by atoms with Gasteiger partial charge in [0, 0.05) is 12.6 Å². The molecule has 1 aromatic carbocycles. The second-order valence-corrected chi connectivity index (χ2v) is 5.16. The van der Waals surface area contributed by atoms with Crippen LogP contribution in [0.1, 0.15) is 15.9 Å². The number of pyridine rings is 1. The molecule has 0 radical (unpaired) electrons. The summed E-state index contributed by atoms with van der Waals surface area (Å²) in [5.74, 6) is -1.27. The number of ether oxygens (including phenoxy) is 3. The highest BCUT2D eigenvalue weighted by molar-refractivity contribution is 6.30. The lowest BCUT2D eigenvalue weighted by molar-refractivity contribution is -0.0525. The van der Waals surface area contributed by atoms with Crippen LogP contribution in [-0.2, 0) is 15.9 Å². The van der Waals surface area contributed by atoms with E-state index in [9.17, 15) is 4.79 Å². The molecule has 1 aliphatic heterocycles. The standard InChI is InChI=1S/C16H12ClNO5/c17-11-7-12(16(19)20)15(18-8-11)23-14-9-21-13(22-14)6-10-4-2-1-3-5-10/h1-5,7-9,13H,6H2,(H,19,20). The van der Waals surface area contributed by atoms with Crippen molar-refractivity contribution in [1.29, 1.82) is 0 Å². The number of aromatic nitrogens is 1. The third kappa shape index (κ3) is 3.73. The van der Waals surface area contributed by atoms with Crippen molar-refractivity contribution in [3.63, 3.8) is 0 Å². The molecule has 6 nitrogen and oxygen atoms in total. The molecule has 1 aliphatic rings. The van der Waals surface area contributed by atoms with Gasteiger partial charge >= 0.3 is 11.9 Å². The summed E-state index contributed by atoms with van der Waals surface area (Å²) in [5, 5.41) is 9.34. The molecule has 0 fully saturated rings. The lowest BCUT2D eigenvalue weighted by Gasteiger charge is -2.12. The first-order chi connectivity index (χ1) is 11.1. The molecule has 0 spiro atoms. The maximum Gasteiger partial charge on any atom is 0.341 e. The van der Waals surface area contributed by atoms with Crippen molar-refractivity contribution < 1.29 is 24.1 Å². The summed E-state index contributed by atoms with van der Waals surface area (Å²) in [5.41, 5.74) is 0.886. The van der Waals surface area contributed by atoms with Crippen LogP contribution in [0.5, 0.6) is 5.88 Å². The summed E-state index contributed by atoms with van der Waals surface area (Å²) >= 11 is 5.74. The van der Waals surface area contributed by atoms with Gasteiger partial charge in [-0.05, 0) is 11.6 Å². The molecule has 0 saturated carbocycles. The summed E-state index contributed by atoms with van der Waals surface area (Å²) in [6.07, 6.45) is 2.58. The van der Waals surface area contributed by atoms with E-state index in [4.69, 9.17) is 30.9 Å². The van der Waals surface area contributed by atoms with Crippen LogP contribution in [0.4, 0.5) is 0 Å². The van der Waals surface area contributed by atoms with Crippen molar-refractivity contribution in [3.05, 3.63) is 71.0 Å². The molecule has 2 aromatic rings. The highest BCUT2D eigenvalue weighted by Crippen LogP contribution is 2.25. The molecule has 1 aromatic heterocycles. The zero-order valence-electron chi connectivity index (χ0n) is 11.8. The molecule has 7 heteroatoms. The Kier molecular flexibility index (Phi) is 4.34. The lowest BCUT2D eigenvalue weighted by atomic mass is 10.1. The van der Waals surface area contributed by atoms with E-state index >= 15 is 0 Å². The van der Waals surface area contributed by atoms with Crippen molar-refractivity contribution in [2.45, 2.75) is 12.7 Å². The van der Waals surface area contributed by atoms with Gasteiger partial charge < -0.3 is 19.3 Å². The number of carboxylic acids is 1. The van der Waals surface area contributed by atoms with E-state index in [0.29, 0.717) is 6.42 Å². The Hall–Kier alpha value is -2.73. The average Bonchev–Trinajstić information content (AvgIpc) is 2.97. The van der Waals surface area contributed by atoms with Crippen LogP contribution >= 0.6 is 11.6 Å². The average molecular weight is 334 g/mol. The molecule has 23 heavy (non-hydrogen) atoms. The molecule has 118 valence electrons. The topological polar surface area (TPSA) is 77.9 Å².